The van der Waals surface area contributed by atoms with Gasteiger partial charge in [-0.1, -0.05) is 23.4 Å². The summed E-state index contributed by atoms with van der Waals surface area (Å²) in [6.07, 6.45) is -1.45. The van der Waals surface area contributed by atoms with Gasteiger partial charge in [-0.25, -0.2) is 13.8 Å². The molecule has 1 aromatic heterocycles. The number of hydrogen-bond donors (Lipinski definition) is 4. The maximum Gasteiger partial charge on any atom is 0.154 e. The summed E-state index contributed by atoms with van der Waals surface area (Å²) in [5, 5.41) is 42.8. The third-order valence-corrected chi connectivity index (χ3v) is 6.89. The number of ether oxygens (including phenoxy) is 1. The van der Waals surface area contributed by atoms with E-state index in [0.717, 1.165) is 30.1 Å². The van der Waals surface area contributed by atoms with E-state index in [1.807, 2.05) is 6.07 Å². The fourth-order valence-corrected chi connectivity index (χ4v) is 4.85. The lowest BCUT2D eigenvalue weighted by atomic mass is 9.98. The first-order valence-electron chi connectivity index (χ1n) is 9.50. The lowest BCUT2D eigenvalue weighted by Gasteiger charge is -2.40. The second kappa shape index (κ2) is 11.5. The molecule has 5 atom stereocenters. The van der Waals surface area contributed by atoms with Gasteiger partial charge in [0.15, 0.2) is 5.69 Å². The monoisotopic (exact) mass is 575 g/mol. The van der Waals surface area contributed by atoms with Crippen LogP contribution in [-0.2, 0) is 4.74 Å². The van der Waals surface area contributed by atoms with Crippen molar-refractivity contribution in [2.24, 2.45) is 15.9 Å². The maximum atomic E-state index is 13.8. The van der Waals surface area contributed by atoms with Crippen LogP contribution in [0.5, 0.6) is 0 Å². The lowest BCUT2D eigenvalue weighted by molar-refractivity contribution is -0.159. The predicted octanol–water partition coefficient (Wildman–Crippen LogP) is 1.98. The number of aromatic nitrogens is 1. The quantitative estimate of drug-likeness (QED) is 0.176. The maximum absolute atomic E-state index is 13.8. The van der Waals surface area contributed by atoms with E-state index in [4.69, 9.17) is 27.4 Å². The molecule has 0 aliphatic carbocycles. The van der Waals surface area contributed by atoms with Gasteiger partial charge in [-0.15, -0.1) is 0 Å². The van der Waals surface area contributed by atoms with Crippen molar-refractivity contribution < 1.29 is 28.8 Å². The summed E-state index contributed by atoms with van der Waals surface area (Å²) in [6.45, 7) is -0.572. The van der Waals surface area contributed by atoms with Crippen molar-refractivity contribution in [3.05, 3.63) is 56.8 Å². The van der Waals surface area contributed by atoms with E-state index in [1.165, 1.54) is 6.20 Å². The number of nitrogens with zero attached hydrogens (tertiary/aromatic N) is 4. The highest BCUT2D eigenvalue weighted by Gasteiger charge is 2.44. The highest BCUT2D eigenvalue weighted by atomic mass is 79.9. The lowest BCUT2D eigenvalue weighted by Crippen LogP contribution is -2.56. The van der Waals surface area contributed by atoms with Crippen molar-refractivity contribution in [3.8, 4) is 6.07 Å². The Labute approximate surface area is 210 Å². The number of hydrazone groups is 1. The Bertz CT molecular complexity index is 1150. The Morgan fingerprint density at radius 3 is 2.56 bits per heavy atom. The molecule has 14 heteroatoms. The van der Waals surface area contributed by atoms with E-state index in [0.29, 0.717) is 9.37 Å². The van der Waals surface area contributed by atoms with Crippen LogP contribution in [0.1, 0.15) is 11.3 Å². The number of nitrogens with two attached hydrogens (primary N) is 1. The highest BCUT2D eigenvalue weighted by molar-refractivity contribution is 9.10. The average Bonchev–Trinajstić information content (AvgIpc) is 2.81. The summed E-state index contributed by atoms with van der Waals surface area (Å²) in [5.74, 6) is 3.28. The molecular weight excluding hydrogens is 560 g/mol. The van der Waals surface area contributed by atoms with Gasteiger partial charge in [-0.3, -0.25) is 4.99 Å². The fourth-order valence-electron chi connectivity index (χ4n) is 3.08. The number of benzene rings is 1. The van der Waals surface area contributed by atoms with Crippen LogP contribution in [-0.4, -0.2) is 68.6 Å². The Hall–Kier alpha value is -2.18. The number of rotatable bonds is 6. The number of aliphatic imine (C=N–C) groups is 1. The number of hydrogen-bond acceptors (Lipinski definition) is 10. The topological polar surface area (TPSA) is 157 Å². The molecule has 0 amide bonds. The van der Waals surface area contributed by atoms with E-state index in [9.17, 15) is 24.1 Å². The molecule has 2 aromatic rings. The molecule has 3 rings (SSSR count). The normalized spacial score (nSPS) is 25.5. The molecule has 3 unspecified atom stereocenters. The van der Waals surface area contributed by atoms with Gasteiger partial charge >= 0.3 is 0 Å². The van der Waals surface area contributed by atoms with Crippen molar-refractivity contribution in [1.82, 2.24) is 4.98 Å². The molecule has 1 saturated heterocycles. The summed E-state index contributed by atoms with van der Waals surface area (Å²) < 4.78 is 33.7. The number of aliphatic hydroxyl groups is 3. The molecule has 5 N–H and O–H groups in total. The van der Waals surface area contributed by atoms with Crippen molar-refractivity contribution >= 4 is 51.2 Å². The van der Waals surface area contributed by atoms with Gasteiger partial charge < -0.3 is 25.9 Å². The van der Waals surface area contributed by atoms with Crippen molar-refractivity contribution in [2.45, 2.75) is 34.7 Å². The summed E-state index contributed by atoms with van der Waals surface area (Å²) in [6, 6.07) is 4.12. The van der Waals surface area contributed by atoms with Crippen LogP contribution in [0.25, 0.3) is 0 Å². The van der Waals surface area contributed by atoms with Crippen molar-refractivity contribution in [1.29, 1.82) is 5.26 Å². The van der Waals surface area contributed by atoms with Crippen LogP contribution < -0.4 is 5.84 Å². The largest absolute Gasteiger partial charge is 0.394 e. The van der Waals surface area contributed by atoms with Crippen LogP contribution in [0, 0.1) is 23.0 Å². The number of halogens is 4. The van der Waals surface area contributed by atoms with Gasteiger partial charge in [0, 0.05) is 22.9 Å². The second-order valence-corrected chi connectivity index (χ2v) is 9.38. The second-order valence-electron chi connectivity index (χ2n) is 6.97. The Kier molecular flexibility index (Phi) is 8.94. The first-order valence-corrected chi connectivity index (χ1v) is 11.6. The molecule has 180 valence electrons. The van der Waals surface area contributed by atoms with E-state index in [1.54, 1.807) is 6.07 Å². The Balaban J connectivity index is 1.86. The van der Waals surface area contributed by atoms with E-state index >= 15 is 0 Å². The minimum Gasteiger partial charge on any atom is -0.394 e. The first-order chi connectivity index (χ1) is 16.2. The van der Waals surface area contributed by atoms with Crippen LogP contribution in [0.4, 0.5) is 8.78 Å². The molecule has 0 spiro atoms. The third-order valence-electron chi connectivity index (χ3n) is 4.81. The minimum atomic E-state index is -1.42. The minimum absolute atomic E-state index is 0.0696. The van der Waals surface area contributed by atoms with Crippen LogP contribution in [0.3, 0.4) is 0 Å². The Morgan fingerprint density at radius 2 is 2.00 bits per heavy atom. The number of nitriles is 1. The molecule has 1 aliphatic heterocycles. The Morgan fingerprint density at radius 1 is 1.32 bits per heavy atom. The number of thioether (sulfide) groups is 1. The SMILES string of the molecule is N#Cc1ncc(S[C@H]2OC(CO)[C@H](O)C(N=CC(=NN)c3cc(F)c(Cl)c(F)c3)C2O)cc1Br. The number of pyridine rings is 1. The third kappa shape index (κ3) is 5.72. The van der Waals surface area contributed by atoms with Crippen LogP contribution in [0.15, 0.2) is 43.9 Å². The molecule has 0 bridgehead atoms. The highest BCUT2D eigenvalue weighted by Crippen LogP contribution is 2.35. The van der Waals surface area contributed by atoms with Gasteiger partial charge in [0.2, 0.25) is 0 Å². The molecule has 0 saturated carbocycles. The van der Waals surface area contributed by atoms with Crippen molar-refractivity contribution in [3.63, 3.8) is 0 Å². The van der Waals surface area contributed by atoms with Gasteiger partial charge in [-0.05, 0) is 34.1 Å². The van der Waals surface area contributed by atoms with E-state index in [-0.39, 0.29) is 17.0 Å². The average molecular weight is 577 g/mol. The molecule has 0 radical (unpaired) electrons. The number of aliphatic hydroxyl groups excluding tert-OH is 3. The first kappa shape index (κ1) is 26.4. The predicted molar refractivity (Wildman–Crippen MR) is 125 cm³/mol. The van der Waals surface area contributed by atoms with Gasteiger partial charge in [0.25, 0.3) is 0 Å². The zero-order chi connectivity index (χ0) is 25.0. The van der Waals surface area contributed by atoms with Gasteiger partial charge in [-0.2, -0.15) is 10.4 Å². The molecule has 1 fully saturated rings. The van der Waals surface area contributed by atoms with Crippen molar-refractivity contribution in [2.75, 3.05) is 6.61 Å². The van der Waals surface area contributed by atoms with Crippen LogP contribution in [0.2, 0.25) is 5.02 Å². The smallest absolute Gasteiger partial charge is 0.154 e. The zero-order valence-corrected chi connectivity index (χ0v) is 20.2. The molecule has 1 aliphatic rings. The fraction of sp³-hybridized carbons (Fsp3) is 0.300. The summed E-state index contributed by atoms with van der Waals surface area (Å²) in [5.41, 5.74) is -1.04. The van der Waals surface area contributed by atoms with Crippen LogP contribution >= 0.6 is 39.3 Å². The standard InChI is InChI=1S/C20H17BrClF2N5O4S/c21-10-3-9(5-27-13(10)4-25)34-20-19(32)17(18(31)15(7-30)33-20)28-6-14(29-26)8-1-11(23)16(22)12(24)2-8/h1-3,5-6,15,17-20,30-32H,7,26H2/t15?,17?,18-,19?,20+/m0/s1. The molecule has 1 aromatic carbocycles. The molecule has 34 heavy (non-hydrogen) atoms. The van der Waals surface area contributed by atoms with E-state index < -0.39 is 53.1 Å². The molecule has 9 nitrogen and oxygen atoms in total. The summed E-state index contributed by atoms with van der Waals surface area (Å²) in [4.78, 5) is 8.64. The molecule has 2 heterocycles. The van der Waals surface area contributed by atoms with Gasteiger partial charge in [0.05, 0.1) is 11.1 Å². The molecular formula is C20H17BrClF2N5O4S. The van der Waals surface area contributed by atoms with Gasteiger partial charge in [0.1, 0.15) is 58.2 Å². The van der Waals surface area contributed by atoms with E-state index in [2.05, 4.69) is 31.0 Å². The summed E-state index contributed by atoms with van der Waals surface area (Å²) in [7, 11) is 0. The zero-order valence-electron chi connectivity index (χ0n) is 17.0. The summed E-state index contributed by atoms with van der Waals surface area (Å²) >= 11 is 9.75.